The molecular formula is C18H26N4. The average molecular weight is 298 g/mol. The molecule has 0 spiro atoms. The van der Waals surface area contributed by atoms with Gasteiger partial charge in [0.05, 0.1) is 6.04 Å². The first kappa shape index (κ1) is 15.3. The van der Waals surface area contributed by atoms with E-state index < -0.39 is 0 Å². The Bertz CT molecular complexity index is 558. The van der Waals surface area contributed by atoms with Crippen LogP contribution in [0.25, 0.3) is 0 Å². The largest absolute Gasteiger partial charge is 0.309 e. The zero-order chi connectivity index (χ0) is 15.5. The lowest BCUT2D eigenvalue weighted by molar-refractivity contribution is 0.162. The summed E-state index contributed by atoms with van der Waals surface area (Å²) in [5.41, 5.74) is 1.37. The van der Waals surface area contributed by atoms with Gasteiger partial charge in [-0.15, -0.1) is 0 Å². The Hall–Kier alpha value is -1.65. The minimum absolute atomic E-state index is 0.393. The zero-order valence-corrected chi connectivity index (χ0v) is 13.7. The van der Waals surface area contributed by atoms with Crippen LogP contribution in [-0.4, -0.2) is 40.9 Å². The smallest absolute Gasteiger partial charge is 0.0548 e. The van der Waals surface area contributed by atoms with E-state index in [4.69, 9.17) is 0 Å². The van der Waals surface area contributed by atoms with Gasteiger partial charge in [-0.05, 0) is 45.5 Å². The third-order valence-electron chi connectivity index (χ3n) is 4.68. The van der Waals surface area contributed by atoms with E-state index >= 15 is 0 Å². The van der Waals surface area contributed by atoms with Crippen molar-refractivity contribution in [3.63, 3.8) is 0 Å². The Labute approximate surface area is 133 Å². The van der Waals surface area contributed by atoms with Crippen LogP contribution in [0.5, 0.6) is 0 Å². The molecule has 118 valence electrons. The lowest BCUT2D eigenvalue weighted by Crippen LogP contribution is -2.50. The summed E-state index contributed by atoms with van der Waals surface area (Å²) in [6, 6.07) is 14.7. The number of aromatic nitrogens is 2. The summed E-state index contributed by atoms with van der Waals surface area (Å²) in [5.74, 6) is 0. The molecule has 0 saturated heterocycles. The molecule has 1 saturated carbocycles. The van der Waals surface area contributed by atoms with Crippen LogP contribution in [0.3, 0.4) is 0 Å². The molecule has 4 heteroatoms. The highest BCUT2D eigenvalue weighted by atomic mass is 15.3. The van der Waals surface area contributed by atoms with Crippen LogP contribution >= 0.6 is 0 Å². The minimum Gasteiger partial charge on any atom is -0.309 e. The van der Waals surface area contributed by atoms with Gasteiger partial charge in [0.1, 0.15) is 0 Å². The molecule has 22 heavy (non-hydrogen) atoms. The van der Waals surface area contributed by atoms with Crippen molar-refractivity contribution in [1.29, 1.82) is 0 Å². The molecule has 0 bridgehead atoms. The molecule has 2 aromatic rings. The van der Waals surface area contributed by atoms with Gasteiger partial charge in [0, 0.05) is 30.5 Å². The Balaban J connectivity index is 1.58. The average Bonchev–Trinajstić information content (AvgIpc) is 2.97. The lowest BCUT2D eigenvalue weighted by Gasteiger charge is -2.40. The quantitative estimate of drug-likeness (QED) is 0.890. The fourth-order valence-electron chi connectivity index (χ4n) is 3.58. The molecule has 1 aromatic heterocycles. The first-order valence-corrected chi connectivity index (χ1v) is 8.11. The normalized spacial score (nSPS) is 24.0. The summed E-state index contributed by atoms with van der Waals surface area (Å²) in [4.78, 5) is 2.30. The fourth-order valence-corrected chi connectivity index (χ4v) is 3.58. The van der Waals surface area contributed by atoms with E-state index in [1.165, 1.54) is 18.4 Å². The van der Waals surface area contributed by atoms with Gasteiger partial charge >= 0.3 is 0 Å². The van der Waals surface area contributed by atoms with Crippen molar-refractivity contribution in [2.75, 3.05) is 14.1 Å². The van der Waals surface area contributed by atoms with Crippen LogP contribution in [0, 0.1) is 0 Å². The number of rotatable bonds is 6. The maximum atomic E-state index is 4.34. The molecule has 2 unspecified atom stereocenters. The Morgan fingerprint density at radius 2 is 1.91 bits per heavy atom. The molecular weight excluding hydrogens is 272 g/mol. The van der Waals surface area contributed by atoms with Crippen molar-refractivity contribution in [2.24, 2.45) is 0 Å². The summed E-state index contributed by atoms with van der Waals surface area (Å²) in [5, 5.41) is 8.15. The Morgan fingerprint density at radius 3 is 2.50 bits per heavy atom. The van der Waals surface area contributed by atoms with Gasteiger partial charge in [-0.25, -0.2) is 0 Å². The molecule has 0 aliphatic heterocycles. The molecule has 3 rings (SSSR count). The number of nitrogens with zero attached hydrogens (tertiary/aromatic N) is 3. The summed E-state index contributed by atoms with van der Waals surface area (Å²) >= 11 is 0. The molecule has 0 radical (unpaired) electrons. The molecule has 1 N–H and O–H groups in total. The molecule has 2 atom stereocenters. The minimum atomic E-state index is 0.393. The highest BCUT2D eigenvalue weighted by Crippen LogP contribution is 2.33. The van der Waals surface area contributed by atoms with Gasteiger partial charge in [-0.1, -0.05) is 30.3 Å². The van der Waals surface area contributed by atoms with E-state index in [9.17, 15) is 0 Å². The molecule has 1 aromatic carbocycles. The van der Waals surface area contributed by atoms with E-state index in [2.05, 4.69) is 77.5 Å². The molecule has 1 heterocycles. The second-order valence-corrected chi connectivity index (χ2v) is 6.58. The Kier molecular flexibility index (Phi) is 4.60. The standard InChI is InChI=1S/C18H26N4/c1-14(18(21(2)3)15-8-5-4-6-9-15)20-16-12-17(13-16)22-11-7-10-19-22/h4-11,14,16-18,20H,12-13H2,1-3H3. The van der Waals surface area contributed by atoms with Crippen molar-refractivity contribution in [3.05, 3.63) is 54.4 Å². The predicted octanol–water partition coefficient (Wildman–Crippen LogP) is 2.87. The maximum absolute atomic E-state index is 4.34. The van der Waals surface area contributed by atoms with E-state index in [1.54, 1.807) is 0 Å². The summed E-state index contributed by atoms with van der Waals surface area (Å²) in [7, 11) is 4.31. The Morgan fingerprint density at radius 1 is 1.18 bits per heavy atom. The SMILES string of the molecule is CC(NC1CC(n2cccn2)C1)C(c1ccccc1)N(C)C. The van der Waals surface area contributed by atoms with Crippen LogP contribution < -0.4 is 5.32 Å². The summed E-state index contributed by atoms with van der Waals surface area (Å²) in [6.07, 6.45) is 6.26. The van der Waals surface area contributed by atoms with Gasteiger partial charge in [-0.2, -0.15) is 5.10 Å². The van der Waals surface area contributed by atoms with Gasteiger partial charge in [-0.3, -0.25) is 4.68 Å². The first-order valence-electron chi connectivity index (χ1n) is 8.11. The molecule has 4 nitrogen and oxygen atoms in total. The van der Waals surface area contributed by atoms with Crippen molar-refractivity contribution < 1.29 is 0 Å². The second-order valence-electron chi connectivity index (χ2n) is 6.58. The topological polar surface area (TPSA) is 33.1 Å². The molecule has 1 fully saturated rings. The van der Waals surface area contributed by atoms with Gasteiger partial charge in [0.2, 0.25) is 0 Å². The van der Waals surface area contributed by atoms with E-state index in [0.717, 1.165) is 0 Å². The van der Waals surface area contributed by atoms with Crippen molar-refractivity contribution in [2.45, 2.75) is 43.9 Å². The molecule has 1 aliphatic carbocycles. The van der Waals surface area contributed by atoms with Crippen molar-refractivity contribution >= 4 is 0 Å². The van der Waals surface area contributed by atoms with E-state index in [0.29, 0.717) is 24.2 Å². The fraction of sp³-hybridized carbons (Fsp3) is 0.500. The third-order valence-corrected chi connectivity index (χ3v) is 4.68. The van der Waals surface area contributed by atoms with Crippen LogP contribution in [0.4, 0.5) is 0 Å². The summed E-state index contributed by atoms with van der Waals surface area (Å²) < 4.78 is 2.09. The third kappa shape index (κ3) is 3.23. The maximum Gasteiger partial charge on any atom is 0.0548 e. The van der Waals surface area contributed by atoms with Crippen molar-refractivity contribution in [1.82, 2.24) is 20.0 Å². The lowest BCUT2D eigenvalue weighted by atomic mass is 9.85. The highest BCUT2D eigenvalue weighted by molar-refractivity contribution is 5.20. The van der Waals surface area contributed by atoms with E-state index in [-0.39, 0.29) is 0 Å². The van der Waals surface area contributed by atoms with Crippen LogP contribution in [0.2, 0.25) is 0 Å². The van der Waals surface area contributed by atoms with Crippen molar-refractivity contribution in [3.8, 4) is 0 Å². The van der Waals surface area contributed by atoms with Gasteiger partial charge in [0.15, 0.2) is 0 Å². The second kappa shape index (κ2) is 6.63. The summed E-state index contributed by atoms with van der Waals surface area (Å²) in [6.45, 7) is 2.29. The van der Waals surface area contributed by atoms with Gasteiger partial charge < -0.3 is 10.2 Å². The predicted molar refractivity (Wildman–Crippen MR) is 89.8 cm³/mol. The van der Waals surface area contributed by atoms with E-state index in [1.807, 2.05) is 12.3 Å². The number of likely N-dealkylation sites (N-methyl/N-ethyl adjacent to an activating group) is 1. The first-order chi connectivity index (χ1) is 10.6. The number of hydrogen-bond acceptors (Lipinski definition) is 3. The van der Waals surface area contributed by atoms with Crippen LogP contribution in [0.15, 0.2) is 48.8 Å². The number of benzene rings is 1. The number of hydrogen-bond donors (Lipinski definition) is 1. The zero-order valence-electron chi connectivity index (χ0n) is 13.7. The molecule has 1 aliphatic rings. The molecule has 0 amide bonds. The monoisotopic (exact) mass is 298 g/mol. The van der Waals surface area contributed by atoms with Crippen LogP contribution in [0.1, 0.15) is 37.4 Å². The highest BCUT2D eigenvalue weighted by Gasteiger charge is 2.33. The number of nitrogens with one attached hydrogen (secondary N) is 1. The van der Waals surface area contributed by atoms with Gasteiger partial charge in [0.25, 0.3) is 0 Å². The van der Waals surface area contributed by atoms with Crippen LogP contribution in [-0.2, 0) is 0 Å².